The second kappa shape index (κ2) is 10.3. The molecule has 0 bridgehead atoms. The largest absolute Gasteiger partial charge is 0.481 e. The monoisotopic (exact) mass is 356 g/mol. The van der Waals surface area contributed by atoms with Crippen molar-refractivity contribution >= 4 is 11.9 Å². The normalized spacial score (nSPS) is 13.1. The standard InChI is InChI=1S/C20H24N2O4/c23-17(24)11-13-21-19(15-7-3-1-4-8-15)20(22-14-12-18(25)26)16-9-5-2-6-10-16/h1-10,19-22H,11-14H2,(H,23,24)(H,25,26)/t19-,20-/m0/s1. The van der Waals surface area contributed by atoms with E-state index in [1.807, 2.05) is 60.7 Å². The van der Waals surface area contributed by atoms with Gasteiger partial charge in [-0.05, 0) is 11.1 Å². The van der Waals surface area contributed by atoms with Crippen molar-refractivity contribution in [1.82, 2.24) is 10.6 Å². The Morgan fingerprint density at radius 2 is 1.04 bits per heavy atom. The first kappa shape index (κ1) is 19.6. The summed E-state index contributed by atoms with van der Waals surface area (Å²) in [5.74, 6) is -1.72. The Hall–Kier alpha value is -2.70. The quantitative estimate of drug-likeness (QED) is 0.494. The topological polar surface area (TPSA) is 98.7 Å². The van der Waals surface area contributed by atoms with Crippen molar-refractivity contribution in [2.45, 2.75) is 24.9 Å². The summed E-state index contributed by atoms with van der Waals surface area (Å²) in [6, 6.07) is 19.1. The molecule has 0 saturated heterocycles. The van der Waals surface area contributed by atoms with Crippen LogP contribution in [-0.2, 0) is 9.59 Å². The lowest BCUT2D eigenvalue weighted by atomic mass is 9.93. The fourth-order valence-electron chi connectivity index (χ4n) is 2.85. The van der Waals surface area contributed by atoms with E-state index in [2.05, 4.69) is 10.6 Å². The van der Waals surface area contributed by atoms with Crippen molar-refractivity contribution < 1.29 is 19.8 Å². The van der Waals surface area contributed by atoms with Crippen molar-refractivity contribution in [2.75, 3.05) is 13.1 Å². The van der Waals surface area contributed by atoms with Crippen molar-refractivity contribution in [1.29, 1.82) is 0 Å². The fraction of sp³-hybridized carbons (Fsp3) is 0.300. The molecule has 0 aliphatic carbocycles. The molecular formula is C20H24N2O4. The maximum Gasteiger partial charge on any atom is 0.304 e. The van der Waals surface area contributed by atoms with Gasteiger partial charge in [0, 0.05) is 13.1 Å². The minimum absolute atomic E-state index is 0.0139. The van der Waals surface area contributed by atoms with E-state index in [9.17, 15) is 9.59 Å². The molecule has 0 unspecified atom stereocenters. The molecule has 0 radical (unpaired) electrons. The highest BCUT2D eigenvalue weighted by molar-refractivity contribution is 5.67. The predicted octanol–water partition coefficient (Wildman–Crippen LogP) is 2.60. The molecule has 6 nitrogen and oxygen atoms in total. The van der Waals surface area contributed by atoms with Crippen LogP contribution in [0.2, 0.25) is 0 Å². The van der Waals surface area contributed by atoms with Gasteiger partial charge < -0.3 is 20.8 Å². The number of hydrogen-bond donors (Lipinski definition) is 4. The van der Waals surface area contributed by atoms with Gasteiger partial charge in [0.15, 0.2) is 0 Å². The van der Waals surface area contributed by atoms with Gasteiger partial charge in [0.1, 0.15) is 0 Å². The minimum Gasteiger partial charge on any atom is -0.481 e. The Morgan fingerprint density at radius 1 is 0.692 bits per heavy atom. The smallest absolute Gasteiger partial charge is 0.304 e. The average molecular weight is 356 g/mol. The lowest BCUT2D eigenvalue weighted by molar-refractivity contribution is -0.138. The first-order valence-electron chi connectivity index (χ1n) is 8.58. The zero-order chi connectivity index (χ0) is 18.8. The summed E-state index contributed by atoms with van der Waals surface area (Å²) >= 11 is 0. The zero-order valence-corrected chi connectivity index (χ0v) is 14.5. The van der Waals surface area contributed by atoms with Gasteiger partial charge in [-0.25, -0.2) is 0 Å². The maximum atomic E-state index is 10.9. The Balaban J connectivity index is 2.26. The molecule has 2 atom stereocenters. The molecule has 0 saturated carbocycles. The van der Waals surface area contributed by atoms with Crippen LogP contribution < -0.4 is 10.6 Å². The van der Waals surface area contributed by atoms with Crippen LogP contribution in [0.15, 0.2) is 60.7 Å². The van der Waals surface area contributed by atoms with Crippen molar-refractivity contribution in [3.05, 3.63) is 71.8 Å². The minimum atomic E-state index is -0.862. The second-order valence-corrected chi connectivity index (χ2v) is 5.97. The SMILES string of the molecule is O=C(O)CCN[C@@H](c1ccccc1)[C@@H](NCCC(=O)O)c1ccccc1. The van der Waals surface area contributed by atoms with Gasteiger partial charge in [0.25, 0.3) is 0 Å². The molecule has 26 heavy (non-hydrogen) atoms. The van der Waals surface area contributed by atoms with Crippen LogP contribution in [0.4, 0.5) is 0 Å². The number of benzene rings is 2. The molecule has 0 amide bonds. The van der Waals surface area contributed by atoms with E-state index in [1.54, 1.807) is 0 Å². The zero-order valence-electron chi connectivity index (χ0n) is 14.5. The molecule has 138 valence electrons. The molecule has 2 aromatic rings. The summed E-state index contributed by atoms with van der Waals surface area (Å²) in [5.41, 5.74) is 2.02. The molecule has 2 aromatic carbocycles. The summed E-state index contributed by atoms with van der Waals surface area (Å²) in [6.45, 7) is 0.637. The summed E-state index contributed by atoms with van der Waals surface area (Å²) in [4.78, 5) is 21.8. The Bertz CT molecular complexity index is 630. The van der Waals surface area contributed by atoms with Crippen LogP contribution in [0.5, 0.6) is 0 Å². The third kappa shape index (κ3) is 6.31. The highest BCUT2D eigenvalue weighted by Crippen LogP contribution is 2.29. The van der Waals surface area contributed by atoms with Crippen molar-refractivity contribution in [3.63, 3.8) is 0 Å². The van der Waals surface area contributed by atoms with E-state index >= 15 is 0 Å². The van der Waals surface area contributed by atoms with Gasteiger partial charge in [-0.3, -0.25) is 9.59 Å². The summed E-state index contributed by atoms with van der Waals surface area (Å²) in [6.07, 6.45) is 0.0277. The molecular weight excluding hydrogens is 332 g/mol. The third-order valence-electron chi connectivity index (χ3n) is 4.06. The van der Waals surface area contributed by atoms with E-state index in [-0.39, 0.29) is 24.9 Å². The molecule has 2 rings (SSSR count). The van der Waals surface area contributed by atoms with Gasteiger partial charge in [-0.2, -0.15) is 0 Å². The summed E-state index contributed by atoms with van der Waals surface area (Å²) in [5, 5.41) is 24.5. The summed E-state index contributed by atoms with van der Waals surface area (Å²) in [7, 11) is 0. The number of carbonyl (C=O) groups is 2. The predicted molar refractivity (Wildman–Crippen MR) is 98.9 cm³/mol. The van der Waals surface area contributed by atoms with Crippen LogP contribution in [0.3, 0.4) is 0 Å². The number of hydrogen-bond acceptors (Lipinski definition) is 4. The molecule has 0 fully saturated rings. The first-order chi connectivity index (χ1) is 12.6. The Kier molecular flexibility index (Phi) is 7.79. The maximum absolute atomic E-state index is 10.9. The number of carboxylic acid groups (broad SMARTS) is 2. The lowest BCUT2D eigenvalue weighted by Gasteiger charge is -2.30. The van der Waals surface area contributed by atoms with Crippen LogP contribution in [-0.4, -0.2) is 35.2 Å². The van der Waals surface area contributed by atoms with Crippen molar-refractivity contribution in [3.8, 4) is 0 Å². The molecule has 0 spiro atoms. The number of carboxylic acids is 2. The highest BCUT2D eigenvalue weighted by Gasteiger charge is 2.24. The second-order valence-electron chi connectivity index (χ2n) is 5.97. The van der Waals surface area contributed by atoms with E-state index in [0.29, 0.717) is 13.1 Å². The van der Waals surface area contributed by atoms with Gasteiger partial charge in [-0.15, -0.1) is 0 Å². The van der Waals surface area contributed by atoms with E-state index in [4.69, 9.17) is 10.2 Å². The van der Waals surface area contributed by atoms with Crippen LogP contribution in [0.1, 0.15) is 36.1 Å². The van der Waals surface area contributed by atoms with Crippen LogP contribution >= 0.6 is 0 Å². The fourth-order valence-corrected chi connectivity index (χ4v) is 2.85. The molecule has 0 aliphatic heterocycles. The molecule has 0 aliphatic rings. The third-order valence-corrected chi connectivity index (χ3v) is 4.06. The Morgan fingerprint density at radius 3 is 1.35 bits per heavy atom. The number of aliphatic carboxylic acids is 2. The lowest BCUT2D eigenvalue weighted by Crippen LogP contribution is -2.37. The first-order valence-corrected chi connectivity index (χ1v) is 8.58. The van der Waals surface area contributed by atoms with E-state index in [1.165, 1.54) is 0 Å². The molecule has 0 heterocycles. The highest BCUT2D eigenvalue weighted by atomic mass is 16.4. The van der Waals surface area contributed by atoms with Gasteiger partial charge in [0.05, 0.1) is 24.9 Å². The molecule has 0 aromatic heterocycles. The van der Waals surface area contributed by atoms with E-state index in [0.717, 1.165) is 11.1 Å². The molecule has 6 heteroatoms. The van der Waals surface area contributed by atoms with Gasteiger partial charge in [0.2, 0.25) is 0 Å². The van der Waals surface area contributed by atoms with Gasteiger partial charge in [-0.1, -0.05) is 60.7 Å². The molecule has 4 N–H and O–H groups in total. The number of rotatable bonds is 11. The van der Waals surface area contributed by atoms with Gasteiger partial charge >= 0.3 is 11.9 Å². The van der Waals surface area contributed by atoms with Crippen LogP contribution in [0.25, 0.3) is 0 Å². The van der Waals surface area contributed by atoms with Crippen LogP contribution in [0, 0.1) is 0 Å². The number of nitrogens with one attached hydrogen (secondary N) is 2. The average Bonchev–Trinajstić information content (AvgIpc) is 2.64. The van der Waals surface area contributed by atoms with Crippen molar-refractivity contribution in [2.24, 2.45) is 0 Å². The van der Waals surface area contributed by atoms with E-state index < -0.39 is 11.9 Å². The Labute approximate surface area is 152 Å². The summed E-state index contributed by atoms with van der Waals surface area (Å²) < 4.78 is 0.